The number of allylic oxidation sites excluding steroid dienone is 4. The van der Waals surface area contributed by atoms with E-state index in [9.17, 15) is 0 Å². The number of benzene rings is 1. The van der Waals surface area contributed by atoms with Crippen molar-refractivity contribution in [2.75, 3.05) is 14.2 Å². The van der Waals surface area contributed by atoms with Crippen LogP contribution in [0.15, 0.2) is 35.2 Å². The van der Waals surface area contributed by atoms with E-state index in [-0.39, 0.29) is 5.41 Å². The third kappa shape index (κ3) is 1.72. The van der Waals surface area contributed by atoms with Crippen molar-refractivity contribution in [2.45, 2.75) is 19.3 Å². The predicted molar refractivity (Wildman–Crippen MR) is 79.9 cm³/mol. The maximum Gasteiger partial charge on any atom is 0.119 e. The number of hydrogen-bond donors (Lipinski definition) is 0. The predicted octanol–water partition coefficient (Wildman–Crippen LogP) is 2.75. The van der Waals surface area contributed by atoms with Gasteiger partial charge in [-0.25, -0.2) is 0 Å². The van der Waals surface area contributed by atoms with Crippen molar-refractivity contribution in [1.82, 2.24) is 0 Å². The van der Waals surface area contributed by atoms with E-state index in [0.717, 1.165) is 11.5 Å². The summed E-state index contributed by atoms with van der Waals surface area (Å²) in [7, 11) is 4.13. The Labute approximate surface area is 116 Å². The van der Waals surface area contributed by atoms with E-state index < -0.39 is 0 Å². The zero-order chi connectivity index (χ0) is 13.6. The summed E-state index contributed by atoms with van der Waals surface area (Å²) in [6.07, 6.45) is 2.15. The Morgan fingerprint density at radius 2 is 1.89 bits per heavy atom. The van der Waals surface area contributed by atoms with E-state index in [1.807, 2.05) is 6.07 Å². The molecular formula is C16H17O2Si. The summed E-state index contributed by atoms with van der Waals surface area (Å²) in [5, 5.41) is 1.50. The molecular weight excluding hydrogens is 252 g/mol. The molecule has 1 heterocycles. The molecule has 0 amide bonds. The zero-order valence-electron chi connectivity index (χ0n) is 11.7. The third-order valence-electron chi connectivity index (χ3n) is 3.97. The summed E-state index contributed by atoms with van der Waals surface area (Å²) in [5.74, 6) is 1.87. The average molecular weight is 269 g/mol. The summed E-state index contributed by atoms with van der Waals surface area (Å²) in [4.78, 5) is 0. The topological polar surface area (TPSA) is 18.5 Å². The van der Waals surface area contributed by atoms with Crippen LogP contribution < -0.4 is 4.74 Å². The molecule has 1 aliphatic carbocycles. The van der Waals surface area contributed by atoms with E-state index >= 15 is 0 Å². The fourth-order valence-electron chi connectivity index (χ4n) is 2.88. The van der Waals surface area contributed by atoms with Crippen LogP contribution in [-0.4, -0.2) is 29.0 Å². The van der Waals surface area contributed by atoms with Crippen LogP contribution in [-0.2, 0) is 10.2 Å². The Hall–Kier alpha value is -1.61. The van der Waals surface area contributed by atoms with Crippen molar-refractivity contribution in [1.29, 1.82) is 0 Å². The molecule has 2 aliphatic rings. The van der Waals surface area contributed by atoms with Crippen molar-refractivity contribution in [3.63, 3.8) is 0 Å². The first-order chi connectivity index (χ1) is 9.07. The van der Waals surface area contributed by atoms with Gasteiger partial charge >= 0.3 is 0 Å². The van der Waals surface area contributed by atoms with E-state index in [0.29, 0.717) is 9.13 Å². The molecule has 0 saturated carbocycles. The van der Waals surface area contributed by atoms with Crippen LogP contribution in [0.4, 0.5) is 0 Å². The molecule has 0 bridgehead atoms. The van der Waals surface area contributed by atoms with Gasteiger partial charge in [0.2, 0.25) is 0 Å². The van der Waals surface area contributed by atoms with E-state index in [2.05, 4.69) is 37.7 Å². The minimum absolute atomic E-state index is 0.0989. The number of methoxy groups -OCH3 is 2. The molecule has 1 aliphatic heterocycles. The van der Waals surface area contributed by atoms with Gasteiger partial charge in [-0.05, 0) is 45.8 Å². The fourth-order valence-corrected chi connectivity index (χ4v) is 4.22. The molecule has 3 rings (SSSR count). The average Bonchev–Trinajstić information content (AvgIpc) is 2.66. The smallest absolute Gasteiger partial charge is 0.119 e. The lowest BCUT2D eigenvalue weighted by Gasteiger charge is -2.23. The van der Waals surface area contributed by atoms with Gasteiger partial charge in [0.1, 0.15) is 11.5 Å². The first-order valence-corrected chi connectivity index (χ1v) is 7.44. The molecule has 0 atom stereocenters. The molecule has 0 N–H and O–H groups in total. The SMILES string of the molecule is COC1=CC2=C([Si]=C1)C(C)(C)c1ccc(OC)cc12. The van der Waals surface area contributed by atoms with Crippen LogP contribution in [0.1, 0.15) is 25.0 Å². The van der Waals surface area contributed by atoms with E-state index in [4.69, 9.17) is 9.47 Å². The van der Waals surface area contributed by atoms with E-state index in [1.165, 1.54) is 21.9 Å². The normalized spacial score (nSPS) is 18.8. The van der Waals surface area contributed by atoms with Gasteiger partial charge in [-0.3, -0.25) is 0 Å². The molecule has 3 heteroatoms. The molecule has 97 valence electrons. The lowest BCUT2D eigenvalue weighted by Crippen LogP contribution is -2.20. The Balaban J connectivity index is 2.24. The van der Waals surface area contributed by atoms with Gasteiger partial charge in [0.25, 0.3) is 0 Å². The molecule has 0 fully saturated rings. The van der Waals surface area contributed by atoms with Crippen LogP contribution in [0.5, 0.6) is 5.75 Å². The van der Waals surface area contributed by atoms with E-state index in [1.54, 1.807) is 14.2 Å². The summed E-state index contributed by atoms with van der Waals surface area (Å²) in [6, 6.07) is 6.38. The summed E-state index contributed by atoms with van der Waals surface area (Å²) < 4.78 is 10.7. The number of hydrogen-bond acceptors (Lipinski definition) is 2. The monoisotopic (exact) mass is 269 g/mol. The number of ether oxygens (including phenoxy) is 2. The van der Waals surface area contributed by atoms with Crippen molar-refractivity contribution >= 4 is 20.4 Å². The molecule has 1 radical (unpaired) electrons. The quantitative estimate of drug-likeness (QED) is 0.769. The zero-order valence-corrected chi connectivity index (χ0v) is 12.7. The molecule has 0 unspecified atom stereocenters. The molecule has 0 saturated heterocycles. The van der Waals surface area contributed by atoms with Crippen molar-refractivity contribution in [3.8, 4) is 5.75 Å². The largest absolute Gasteiger partial charge is 0.497 e. The Morgan fingerprint density at radius 1 is 1.11 bits per heavy atom. The molecule has 1 aromatic rings. The van der Waals surface area contributed by atoms with Crippen molar-refractivity contribution in [3.05, 3.63) is 46.4 Å². The molecule has 0 spiro atoms. The highest BCUT2D eigenvalue weighted by molar-refractivity contribution is 6.60. The molecule has 0 aromatic heterocycles. The van der Waals surface area contributed by atoms with Gasteiger partial charge in [-0.2, -0.15) is 0 Å². The van der Waals surface area contributed by atoms with Crippen LogP contribution in [0, 0.1) is 0 Å². The lowest BCUT2D eigenvalue weighted by atomic mass is 9.87. The highest BCUT2D eigenvalue weighted by Gasteiger charge is 2.37. The summed E-state index contributed by atoms with van der Waals surface area (Å²) in [6.45, 7) is 4.60. The highest BCUT2D eigenvalue weighted by Crippen LogP contribution is 2.47. The highest BCUT2D eigenvalue weighted by atomic mass is 28.2. The van der Waals surface area contributed by atoms with Gasteiger partial charge in [0.05, 0.1) is 23.4 Å². The van der Waals surface area contributed by atoms with Gasteiger partial charge in [-0.15, -0.1) is 0 Å². The van der Waals surface area contributed by atoms with Gasteiger partial charge in [0.15, 0.2) is 0 Å². The van der Waals surface area contributed by atoms with Crippen LogP contribution in [0.3, 0.4) is 0 Å². The molecule has 1 aromatic carbocycles. The fraction of sp³-hybridized carbons (Fsp3) is 0.312. The Morgan fingerprint density at radius 3 is 2.58 bits per heavy atom. The number of rotatable bonds is 2. The standard InChI is InChI=1S/C16H17O2Si/c1-16(2)14-6-5-10(17-3)7-12(14)13-8-11(18-4)9-19-15(13)16/h5-9H,1-4H3. The van der Waals surface area contributed by atoms with Crippen molar-refractivity contribution < 1.29 is 9.47 Å². The first kappa shape index (κ1) is 12.4. The molecule has 19 heavy (non-hydrogen) atoms. The Kier molecular flexibility index (Phi) is 2.75. The minimum Gasteiger partial charge on any atom is -0.497 e. The third-order valence-corrected chi connectivity index (χ3v) is 5.58. The molecule has 2 nitrogen and oxygen atoms in total. The Bertz CT molecular complexity index is 636. The number of fused-ring (bicyclic) bond motifs is 2. The van der Waals surface area contributed by atoms with Crippen LogP contribution in [0.2, 0.25) is 0 Å². The minimum atomic E-state index is 0.0989. The van der Waals surface area contributed by atoms with Gasteiger partial charge in [-0.1, -0.05) is 19.9 Å². The second-order valence-electron chi connectivity index (χ2n) is 5.36. The maximum absolute atomic E-state index is 5.39. The van der Waals surface area contributed by atoms with Crippen LogP contribution in [0.25, 0.3) is 5.57 Å². The van der Waals surface area contributed by atoms with Crippen LogP contribution >= 0.6 is 0 Å². The van der Waals surface area contributed by atoms with Crippen molar-refractivity contribution in [2.24, 2.45) is 0 Å². The maximum atomic E-state index is 5.39. The first-order valence-electron chi connectivity index (χ1n) is 6.37. The van der Waals surface area contributed by atoms with Gasteiger partial charge < -0.3 is 9.47 Å². The summed E-state index contributed by atoms with van der Waals surface area (Å²) >= 11 is 0. The lowest BCUT2D eigenvalue weighted by molar-refractivity contribution is 0.318. The second kappa shape index (κ2) is 4.20. The second-order valence-corrected chi connectivity index (χ2v) is 6.44. The van der Waals surface area contributed by atoms with Gasteiger partial charge in [0, 0.05) is 5.41 Å². The summed E-state index contributed by atoms with van der Waals surface area (Å²) in [5.41, 5.74) is 6.27.